The summed E-state index contributed by atoms with van der Waals surface area (Å²) >= 11 is 6.02. The summed E-state index contributed by atoms with van der Waals surface area (Å²) in [5.41, 5.74) is 1.26. The number of rotatable bonds is 4. The van der Waals surface area contributed by atoms with Crippen LogP contribution < -0.4 is 5.32 Å². The number of hydrogen-bond acceptors (Lipinski definition) is 2. The van der Waals surface area contributed by atoms with Crippen LogP contribution in [0.25, 0.3) is 0 Å². The van der Waals surface area contributed by atoms with E-state index in [1.165, 1.54) is 31.4 Å². The Labute approximate surface area is 115 Å². The zero-order valence-electron chi connectivity index (χ0n) is 11.3. The third-order valence-electron chi connectivity index (χ3n) is 3.93. The normalized spacial score (nSPS) is 22.9. The molecule has 2 rings (SSSR count). The fourth-order valence-corrected chi connectivity index (χ4v) is 2.81. The summed E-state index contributed by atoms with van der Waals surface area (Å²) in [6, 6.07) is 9.16. The van der Waals surface area contributed by atoms with E-state index in [1.54, 1.807) is 0 Å². The van der Waals surface area contributed by atoms with Crippen molar-refractivity contribution in [1.82, 2.24) is 10.2 Å². The highest BCUT2D eigenvalue weighted by atomic mass is 35.5. The first-order chi connectivity index (χ1) is 8.66. The Morgan fingerprint density at radius 2 is 2.28 bits per heavy atom. The average molecular weight is 267 g/mol. The molecule has 0 aromatic heterocycles. The van der Waals surface area contributed by atoms with Gasteiger partial charge in [0.1, 0.15) is 0 Å². The van der Waals surface area contributed by atoms with E-state index in [0.717, 1.165) is 11.6 Å². The summed E-state index contributed by atoms with van der Waals surface area (Å²) in [6.07, 6.45) is 4.02. The molecule has 1 aromatic rings. The molecule has 0 amide bonds. The molecule has 1 aromatic carbocycles. The Morgan fingerprint density at radius 1 is 1.44 bits per heavy atom. The average Bonchev–Trinajstić information content (AvgIpc) is 2.37. The van der Waals surface area contributed by atoms with Gasteiger partial charge in [0.25, 0.3) is 0 Å². The van der Waals surface area contributed by atoms with Crippen LogP contribution in [0.4, 0.5) is 0 Å². The highest BCUT2D eigenvalue weighted by molar-refractivity contribution is 6.30. The number of likely N-dealkylation sites (N-methyl/N-ethyl adjacent to an activating group) is 1. The van der Waals surface area contributed by atoms with Crippen molar-refractivity contribution in [3.63, 3.8) is 0 Å². The van der Waals surface area contributed by atoms with Crippen molar-refractivity contribution in [2.24, 2.45) is 0 Å². The van der Waals surface area contributed by atoms with Crippen molar-refractivity contribution >= 4 is 11.6 Å². The van der Waals surface area contributed by atoms with Crippen LogP contribution in [0.5, 0.6) is 0 Å². The maximum absolute atomic E-state index is 6.02. The third kappa shape index (κ3) is 3.71. The molecule has 1 aliphatic heterocycles. The fraction of sp³-hybridized carbons (Fsp3) is 0.600. The van der Waals surface area contributed by atoms with Crippen molar-refractivity contribution in [3.05, 3.63) is 34.9 Å². The second kappa shape index (κ2) is 6.55. The molecular formula is C15H23ClN2. The van der Waals surface area contributed by atoms with Crippen LogP contribution in [0.3, 0.4) is 0 Å². The van der Waals surface area contributed by atoms with E-state index >= 15 is 0 Å². The number of benzene rings is 1. The van der Waals surface area contributed by atoms with Gasteiger partial charge in [0.05, 0.1) is 0 Å². The van der Waals surface area contributed by atoms with Crippen molar-refractivity contribution in [3.8, 4) is 0 Å². The van der Waals surface area contributed by atoms with E-state index < -0.39 is 0 Å². The molecule has 100 valence electrons. The van der Waals surface area contributed by atoms with Gasteiger partial charge in [-0.2, -0.15) is 0 Å². The van der Waals surface area contributed by atoms with Crippen LogP contribution in [0, 0.1) is 0 Å². The van der Waals surface area contributed by atoms with Gasteiger partial charge < -0.3 is 10.2 Å². The number of halogens is 1. The lowest BCUT2D eigenvalue weighted by Crippen LogP contribution is -2.43. The van der Waals surface area contributed by atoms with Crippen molar-refractivity contribution in [2.45, 2.75) is 38.3 Å². The molecular weight excluding hydrogens is 244 g/mol. The Balaban J connectivity index is 1.86. The predicted octanol–water partition coefficient (Wildman–Crippen LogP) is 3.47. The Morgan fingerprint density at radius 3 is 3.00 bits per heavy atom. The van der Waals surface area contributed by atoms with E-state index in [1.807, 2.05) is 18.2 Å². The van der Waals surface area contributed by atoms with Gasteiger partial charge in [0.2, 0.25) is 0 Å². The minimum absolute atomic E-state index is 0.360. The molecule has 3 heteroatoms. The molecule has 0 radical (unpaired) electrons. The second-order valence-corrected chi connectivity index (χ2v) is 5.75. The maximum Gasteiger partial charge on any atom is 0.0409 e. The third-order valence-corrected chi connectivity index (χ3v) is 4.16. The molecule has 18 heavy (non-hydrogen) atoms. The van der Waals surface area contributed by atoms with E-state index in [-0.39, 0.29) is 0 Å². The second-order valence-electron chi connectivity index (χ2n) is 5.32. The SMILES string of the molecule is C[C@H](NCC1CCCCN1C)c1cccc(Cl)c1. The lowest BCUT2D eigenvalue weighted by atomic mass is 10.0. The van der Waals surface area contributed by atoms with E-state index in [9.17, 15) is 0 Å². The van der Waals surface area contributed by atoms with E-state index in [4.69, 9.17) is 11.6 Å². The van der Waals surface area contributed by atoms with Crippen molar-refractivity contribution in [2.75, 3.05) is 20.1 Å². The van der Waals surface area contributed by atoms with Gasteiger partial charge >= 0.3 is 0 Å². The lowest BCUT2D eigenvalue weighted by Gasteiger charge is -2.33. The first-order valence-electron chi connectivity index (χ1n) is 6.86. The quantitative estimate of drug-likeness (QED) is 0.898. The number of likely N-dealkylation sites (tertiary alicyclic amines) is 1. The maximum atomic E-state index is 6.02. The number of nitrogens with one attached hydrogen (secondary N) is 1. The molecule has 0 saturated carbocycles. The van der Waals surface area contributed by atoms with Gasteiger partial charge in [0, 0.05) is 23.7 Å². The minimum atomic E-state index is 0.360. The molecule has 1 N–H and O–H groups in total. The van der Waals surface area contributed by atoms with E-state index in [0.29, 0.717) is 12.1 Å². The molecule has 1 aliphatic rings. The van der Waals surface area contributed by atoms with Gasteiger partial charge in [-0.1, -0.05) is 30.2 Å². The minimum Gasteiger partial charge on any atom is -0.309 e. The monoisotopic (exact) mass is 266 g/mol. The highest BCUT2D eigenvalue weighted by Gasteiger charge is 2.19. The van der Waals surface area contributed by atoms with Gasteiger partial charge in [-0.3, -0.25) is 0 Å². The lowest BCUT2D eigenvalue weighted by molar-refractivity contribution is 0.178. The fourth-order valence-electron chi connectivity index (χ4n) is 2.61. The Hall–Kier alpha value is -0.570. The number of hydrogen-bond donors (Lipinski definition) is 1. The molecule has 1 saturated heterocycles. The first kappa shape index (κ1) is 13.9. The largest absolute Gasteiger partial charge is 0.309 e. The van der Waals surface area contributed by atoms with Crippen LogP contribution in [0.15, 0.2) is 24.3 Å². The van der Waals surface area contributed by atoms with Crippen LogP contribution in [0.1, 0.15) is 37.8 Å². The summed E-state index contributed by atoms with van der Waals surface area (Å²) in [7, 11) is 2.23. The van der Waals surface area contributed by atoms with Crippen LogP contribution in [-0.2, 0) is 0 Å². The molecule has 1 unspecified atom stereocenters. The molecule has 1 fully saturated rings. The standard InChI is InChI=1S/C15H23ClN2/c1-12(13-6-5-7-14(16)10-13)17-11-15-8-3-4-9-18(15)2/h5-7,10,12,15,17H,3-4,8-9,11H2,1-2H3/t12-,15?/m0/s1. The molecule has 2 nitrogen and oxygen atoms in total. The topological polar surface area (TPSA) is 15.3 Å². The molecule has 0 aliphatic carbocycles. The summed E-state index contributed by atoms with van der Waals surface area (Å²) < 4.78 is 0. The molecule has 0 bridgehead atoms. The summed E-state index contributed by atoms with van der Waals surface area (Å²) in [4.78, 5) is 2.47. The zero-order valence-corrected chi connectivity index (χ0v) is 12.1. The number of nitrogens with zero attached hydrogens (tertiary/aromatic N) is 1. The first-order valence-corrected chi connectivity index (χ1v) is 7.23. The predicted molar refractivity (Wildman–Crippen MR) is 78.1 cm³/mol. The van der Waals surface area contributed by atoms with Gasteiger partial charge in [-0.15, -0.1) is 0 Å². The van der Waals surface area contributed by atoms with E-state index in [2.05, 4.69) is 30.3 Å². The summed E-state index contributed by atoms with van der Waals surface area (Å²) in [6.45, 7) is 4.50. The van der Waals surface area contributed by atoms with Crippen molar-refractivity contribution in [1.29, 1.82) is 0 Å². The summed E-state index contributed by atoms with van der Waals surface area (Å²) in [5, 5.41) is 4.44. The van der Waals surface area contributed by atoms with Crippen LogP contribution >= 0.6 is 11.6 Å². The molecule has 0 spiro atoms. The Kier molecular flexibility index (Phi) is 5.04. The van der Waals surface area contributed by atoms with Gasteiger partial charge in [-0.05, 0) is 51.1 Å². The van der Waals surface area contributed by atoms with Gasteiger partial charge in [0.15, 0.2) is 0 Å². The Bertz CT molecular complexity index is 381. The van der Waals surface area contributed by atoms with Crippen molar-refractivity contribution < 1.29 is 0 Å². The van der Waals surface area contributed by atoms with Crippen LogP contribution in [0.2, 0.25) is 5.02 Å². The number of piperidine rings is 1. The summed E-state index contributed by atoms with van der Waals surface area (Å²) in [5.74, 6) is 0. The smallest absolute Gasteiger partial charge is 0.0409 e. The van der Waals surface area contributed by atoms with Gasteiger partial charge in [-0.25, -0.2) is 0 Å². The molecule has 1 heterocycles. The molecule has 2 atom stereocenters. The van der Waals surface area contributed by atoms with Crippen LogP contribution in [-0.4, -0.2) is 31.1 Å². The zero-order chi connectivity index (χ0) is 13.0. The highest BCUT2D eigenvalue weighted by Crippen LogP contribution is 2.19.